The largest absolute Gasteiger partial charge is 0.495 e. The van der Waals surface area contributed by atoms with Crippen molar-refractivity contribution < 1.29 is 18.7 Å². The number of rotatable bonds is 6. The molecule has 0 fully saturated rings. The van der Waals surface area contributed by atoms with E-state index in [1.54, 1.807) is 30.6 Å². The first-order chi connectivity index (χ1) is 11.0. The Kier molecular flexibility index (Phi) is 5.28. The van der Waals surface area contributed by atoms with E-state index in [-0.39, 0.29) is 12.1 Å². The van der Waals surface area contributed by atoms with Crippen LogP contribution in [0.15, 0.2) is 42.7 Å². The Morgan fingerprint density at radius 1 is 1.30 bits per heavy atom. The molecule has 0 saturated carbocycles. The maximum Gasteiger partial charge on any atom is 0.256 e. The number of aromatic nitrogens is 1. The lowest BCUT2D eigenvalue weighted by molar-refractivity contribution is -0.143. The van der Waals surface area contributed by atoms with Gasteiger partial charge >= 0.3 is 0 Å². The number of nitrogens with one attached hydrogen (secondary N) is 1. The van der Waals surface area contributed by atoms with Crippen LogP contribution in [0.25, 0.3) is 0 Å². The fourth-order valence-electron chi connectivity index (χ4n) is 2.26. The molecule has 2 rings (SSSR count). The van der Waals surface area contributed by atoms with Gasteiger partial charge in [0.05, 0.1) is 13.3 Å². The van der Waals surface area contributed by atoms with Crippen LogP contribution in [0.4, 0.5) is 4.39 Å². The van der Waals surface area contributed by atoms with E-state index in [4.69, 9.17) is 9.47 Å². The van der Waals surface area contributed by atoms with Crippen LogP contribution in [0.5, 0.6) is 5.75 Å². The van der Waals surface area contributed by atoms with Gasteiger partial charge in [0, 0.05) is 31.0 Å². The molecule has 0 aliphatic rings. The maximum absolute atomic E-state index is 14.0. The number of methoxy groups -OCH3 is 2. The molecule has 1 atom stereocenters. The molecule has 0 unspecified atom stereocenters. The van der Waals surface area contributed by atoms with Crippen LogP contribution in [0.1, 0.15) is 18.1 Å². The van der Waals surface area contributed by atoms with Gasteiger partial charge in [-0.1, -0.05) is 18.2 Å². The summed E-state index contributed by atoms with van der Waals surface area (Å²) in [5, 5.41) is 2.75. The van der Waals surface area contributed by atoms with Gasteiger partial charge in [0.1, 0.15) is 11.6 Å². The van der Waals surface area contributed by atoms with Crippen molar-refractivity contribution in [2.45, 2.75) is 19.1 Å². The van der Waals surface area contributed by atoms with Crippen LogP contribution in [0, 0.1) is 5.82 Å². The highest BCUT2D eigenvalue weighted by atomic mass is 19.1. The van der Waals surface area contributed by atoms with E-state index < -0.39 is 17.3 Å². The molecule has 6 heteroatoms. The van der Waals surface area contributed by atoms with Crippen molar-refractivity contribution >= 4 is 5.91 Å². The minimum Gasteiger partial charge on any atom is -0.495 e. The van der Waals surface area contributed by atoms with E-state index in [1.165, 1.54) is 33.3 Å². The van der Waals surface area contributed by atoms with Crippen molar-refractivity contribution in [1.82, 2.24) is 10.3 Å². The summed E-state index contributed by atoms with van der Waals surface area (Å²) in [6.45, 7) is 1.75. The topological polar surface area (TPSA) is 60.5 Å². The second-order valence-corrected chi connectivity index (χ2v) is 5.09. The van der Waals surface area contributed by atoms with Crippen molar-refractivity contribution in [1.29, 1.82) is 0 Å². The molecule has 1 aromatic heterocycles. The van der Waals surface area contributed by atoms with Gasteiger partial charge in [0.25, 0.3) is 5.91 Å². The zero-order valence-electron chi connectivity index (χ0n) is 13.3. The normalized spacial score (nSPS) is 13.2. The molecule has 0 bridgehead atoms. The Morgan fingerprint density at radius 3 is 2.70 bits per heavy atom. The molecular formula is C17H19FN2O3. The summed E-state index contributed by atoms with van der Waals surface area (Å²) in [6, 6.07) is 7.80. The lowest BCUT2D eigenvalue weighted by Crippen LogP contribution is -2.44. The third-order valence-corrected chi connectivity index (χ3v) is 3.76. The minimum absolute atomic E-state index is 0.182. The Morgan fingerprint density at radius 2 is 2.04 bits per heavy atom. The summed E-state index contributed by atoms with van der Waals surface area (Å²) < 4.78 is 24.5. The third-order valence-electron chi connectivity index (χ3n) is 3.76. The van der Waals surface area contributed by atoms with Crippen molar-refractivity contribution in [2.24, 2.45) is 0 Å². The van der Waals surface area contributed by atoms with Crippen LogP contribution < -0.4 is 10.1 Å². The second kappa shape index (κ2) is 7.19. The van der Waals surface area contributed by atoms with Crippen molar-refractivity contribution in [3.05, 3.63) is 59.7 Å². The van der Waals surface area contributed by atoms with Gasteiger partial charge in [-0.15, -0.1) is 0 Å². The molecule has 122 valence electrons. The molecule has 2 aromatic rings. The molecule has 0 aliphatic carbocycles. The summed E-state index contributed by atoms with van der Waals surface area (Å²) in [7, 11) is 2.90. The number of hydrogen-bond donors (Lipinski definition) is 1. The van der Waals surface area contributed by atoms with Gasteiger partial charge in [-0.3, -0.25) is 9.78 Å². The number of amides is 1. The first-order valence-corrected chi connectivity index (χ1v) is 7.08. The monoisotopic (exact) mass is 318 g/mol. The van der Waals surface area contributed by atoms with E-state index >= 15 is 0 Å². The molecule has 0 saturated heterocycles. The second-order valence-electron chi connectivity index (χ2n) is 5.09. The number of carbonyl (C=O) groups excluding carboxylic acids is 1. The van der Waals surface area contributed by atoms with Gasteiger partial charge in [0.2, 0.25) is 0 Å². The zero-order chi connectivity index (χ0) is 16.9. The number of pyridine rings is 1. The standard InChI is InChI=1S/C17H19FN2O3/c1-17(23-3,13-6-4-5-7-14(13)18)16(21)20-10-12-8-9-19-11-15(12)22-2/h4-9,11H,10H2,1-3H3,(H,20,21)/t17-/m0/s1. The predicted octanol–water partition coefficient (Wildman–Crippen LogP) is 2.41. The average molecular weight is 318 g/mol. The van der Waals surface area contributed by atoms with Crippen LogP contribution >= 0.6 is 0 Å². The highest BCUT2D eigenvalue weighted by Gasteiger charge is 2.37. The molecule has 0 spiro atoms. The number of hydrogen-bond acceptors (Lipinski definition) is 4. The summed E-state index contributed by atoms with van der Waals surface area (Å²) >= 11 is 0. The van der Waals surface area contributed by atoms with Crippen LogP contribution in [0.2, 0.25) is 0 Å². The number of nitrogens with zero attached hydrogens (tertiary/aromatic N) is 1. The van der Waals surface area contributed by atoms with Crippen molar-refractivity contribution in [2.75, 3.05) is 14.2 Å². The SMILES string of the molecule is COc1cnccc1CNC(=O)[C@@](C)(OC)c1ccccc1F. The van der Waals surface area contributed by atoms with Gasteiger partial charge in [0.15, 0.2) is 5.60 Å². The molecule has 5 nitrogen and oxygen atoms in total. The van der Waals surface area contributed by atoms with Crippen LogP contribution in [0.3, 0.4) is 0 Å². The van der Waals surface area contributed by atoms with Gasteiger partial charge in [-0.05, 0) is 19.1 Å². The third kappa shape index (κ3) is 3.48. The molecule has 1 amide bonds. The predicted molar refractivity (Wildman–Crippen MR) is 83.4 cm³/mol. The van der Waals surface area contributed by atoms with Gasteiger partial charge in [-0.2, -0.15) is 0 Å². The molecule has 1 aromatic carbocycles. The number of halogens is 1. The van der Waals surface area contributed by atoms with E-state index in [2.05, 4.69) is 10.3 Å². The van der Waals surface area contributed by atoms with E-state index in [0.717, 1.165) is 5.56 Å². The van der Waals surface area contributed by atoms with Gasteiger partial charge < -0.3 is 14.8 Å². The quantitative estimate of drug-likeness (QED) is 0.888. The highest BCUT2D eigenvalue weighted by Crippen LogP contribution is 2.27. The summed E-state index contributed by atoms with van der Waals surface area (Å²) in [5.41, 5.74) is -0.476. The average Bonchev–Trinajstić information content (AvgIpc) is 2.59. The van der Waals surface area contributed by atoms with Crippen molar-refractivity contribution in [3.63, 3.8) is 0 Å². The lowest BCUT2D eigenvalue weighted by Gasteiger charge is -2.27. The lowest BCUT2D eigenvalue weighted by atomic mass is 9.94. The fraction of sp³-hybridized carbons (Fsp3) is 0.294. The summed E-state index contributed by atoms with van der Waals surface area (Å²) in [6.07, 6.45) is 3.17. The van der Waals surface area contributed by atoms with E-state index in [1.807, 2.05) is 0 Å². The van der Waals surface area contributed by atoms with Crippen molar-refractivity contribution in [3.8, 4) is 5.75 Å². The highest BCUT2D eigenvalue weighted by molar-refractivity contribution is 5.86. The smallest absolute Gasteiger partial charge is 0.256 e. The Bertz CT molecular complexity index is 693. The molecular weight excluding hydrogens is 299 g/mol. The first-order valence-electron chi connectivity index (χ1n) is 7.08. The van der Waals surface area contributed by atoms with E-state index in [9.17, 15) is 9.18 Å². The Balaban J connectivity index is 2.19. The van der Waals surface area contributed by atoms with Gasteiger partial charge in [-0.25, -0.2) is 4.39 Å². The maximum atomic E-state index is 14.0. The molecule has 0 radical (unpaired) electrons. The summed E-state index contributed by atoms with van der Waals surface area (Å²) in [4.78, 5) is 16.5. The first kappa shape index (κ1) is 16.9. The Labute approximate surface area is 134 Å². The van der Waals surface area contributed by atoms with Crippen LogP contribution in [-0.4, -0.2) is 25.1 Å². The number of benzene rings is 1. The summed E-state index contributed by atoms with van der Waals surface area (Å²) in [5.74, 6) is -0.365. The van der Waals surface area contributed by atoms with Crippen LogP contribution in [-0.2, 0) is 21.7 Å². The molecule has 1 heterocycles. The van der Waals surface area contributed by atoms with E-state index in [0.29, 0.717) is 5.75 Å². The molecule has 23 heavy (non-hydrogen) atoms. The molecule has 1 N–H and O–H groups in total. The Hall–Kier alpha value is -2.47. The number of ether oxygens (including phenoxy) is 2. The number of carbonyl (C=O) groups is 1. The zero-order valence-corrected chi connectivity index (χ0v) is 13.3. The fourth-order valence-corrected chi connectivity index (χ4v) is 2.26. The molecule has 0 aliphatic heterocycles. The minimum atomic E-state index is -1.42.